The minimum Gasteiger partial charge on any atom is -0.464 e. The van der Waals surface area contributed by atoms with Crippen molar-refractivity contribution in [1.29, 1.82) is 0 Å². The van der Waals surface area contributed by atoms with Gasteiger partial charge < -0.3 is 18.9 Å². The van der Waals surface area contributed by atoms with Crippen molar-refractivity contribution < 1.29 is 33.0 Å². The van der Waals surface area contributed by atoms with Crippen LogP contribution in [0.3, 0.4) is 0 Å². The van der Waals surface area contributed by atoms with E-state index in [1.165, 1.54) is 6.07 Å². The summed E-state index contributed by atoms with van der Waals surface area (Å²) in [5.41, 5.74) is 2.32. The van der Waals surface area contributed by atoms with Crippen molar-refractivity contribution in [2.75, 3.05) is 13.2 Å². The Labute approximate surface area is 214 Å². The number of benzene rings is 3. The number of esters is 1. The zero-order chi connectivity index (χ0) is 26.4. The molecule has 0 bridgehead atoms. The first-order valence-corrected chi connectivity index (χ1v) is 13.6. The van der Waals surface area contributed by atoms with Crippen LogP contribution in [-0.4, -0.2) is 34.9 Å². The number of rotatable bonds is 10. The van der Waals surface area contributed by atoms with Crippen LogP contribution in [0.4, 0.5) is 4.79 Å². The third-order valence-corrected chi connectivity index (χ3v) is 7.78. The number of fused-ring (bicyclic) bond motifs is 1. The van der Waals surface area contributed by atoms with Crippen LogP contribution in [0.5, 0.6) is 0 Å². The van der Waals surface area contributed by atoms with Crippen LogP contribution >= 0.6 is 7.60 Å². The number of aromatic nitrogens is 1. The molecule has 0 saturated heterocycles. The molecule has 0 saturated carbocycles. The van der Waals surface area contributed by atoms with Gasteiger partial charge in [0.15, 0.2) is 6.10 Å². The van der Waals surface area contributed by atoms with E-state index in [2.05, 4.69) is 0 Å². The number of nitrogens with zero attached hydrogens (tertiary/aromatic N) is 1. The minimum absolute atomic E-state index is 0.0206. The summed E-state index contributed by atoms with van der Waals surface area (Å²) in [5.74, 6) is -0.785. The van der Waals surface area contributed by atoms with Gasteiger partial charge in [0.25, 0.3) is 0 Å². The van der Waals surface area contributed by atoms with E-state index in [4.69, 9.17) is 13.8 Å². The van der Waals surface area contributed by atoms with Crippen LogP contribution in [-0.2, 0) is 24.5 Å². The molecule has 0 aliphatic rings. The smallest absolute Gasteiger partial charge is 0.416 e. The quantitative estimate of drug-likeness (QED) is 0.179. The molecule has 37 heavy (non-hydrogen) atoms. The fourth-order valence-corrected chi connectivity index (χ4v) is 5.90. The Morgan fingerprint density at radius 2 is 1.43 bits per heavy atom. The van der Waals surface area contributed by atoms with Crippen LogP contribution < -0.4 is 0 Å². The van der Waals surface area contributed by atoms with E-state index < -0.39 is 25.8 Å². The lowest BCUT2D eigenvalue weighted by Gasteiger charge is -2.19. The Hall–Kier alpha value is -3.71. The van der Waals surface area contributed by atoms with Gasteiger partial charge in [-0.25, -0.2) is 14.2 Å². The van der Waals surface area contributed by atoms with E-state index in [9.17, 15) is 19.3 Å². The van der Waals surface area contributed by atoms with Crippen molar-refractivity contribution in [3.63, 3.8) is 0 Å². The van der Waals surface area contributed by atoms with Gasteiger partial charge in [-0.2, -0.15) is 0 Å². The Balaban J connectivity index is 1.71. The Kier molecular flexibility index (Phi) is 8.24. The van der Waals surface area contributed by atoms with Gasteiger partial charge in [0.2, 0.25) is 0 Å². The zero-order valence-electron chi connectivity index (χ0n) is 20.6. The second-order valence-electron chi connectivity index (χ2n) is 8.25. The Morgan fingerprint density at radius 3 is 1.95 bits per heavy atom. The second-order valence-corrected chi connectivity index (χ2v) is 10.3. The fourth-order valence-electron chi connectivity index (χ4n) is 4.22. The average molecular weight is 522 g/mol. The van der Waals surface area contributed by atoms with Crippen LogP contribution in [0.1, 0.15) is 47.1 Å². The second kappa shape index (κ2) is 11.6. The molecule has 1 aromatic heterocycles. The first-order chi connectivity index (χ1) is 17.8. The Bertz CT molecular complexity index is 1380. The highest BCUT2D eigenvalue weighted by Crippen LogP contribution is 2.51. The molecule has 1 N–H and O–H groups in total. The molecular weight excluding hydrogens is 493 g/mol. The summed E-state index contributed by atoms with van der Waals surface area (Å²) in [4.78, 5) is 25.6. The summed E-state index contributed by atoms with van der Waals surface area (Å²) in [7, 11) is -3.36. The van der Waals surface area contributed by atoms with Crippen molar-refractivity contribution >= 4 is 30.6 Å². The molecule has 4 aromatic rings. The van der Waals surface area contributed by atoms with Gasteiger partial charge in [0.05, 0.1) is 24.9 Å². The molecule has 0 atom stereocenters. The average Bonchev–Trinajstić information content (AvgIpc) is 3.27. The largest absolute Gasteiger partial charge is 0.464 e. The highest BCUT2D eigenvalue weighted by molar-refractivity contribution is 7.53. The molecule has 1 heterocycles. The standard InChI is InChI=1S/C28H28NO7P/c1-3-34-37(33,35-4-2)19-20-15-16-24-23(17-20)18-25(29(24)28(31)32)27(30)36-26(21-11-7-5-8-12-21)22-13-9-6-10-14-22/h5-18,26H,3-4,19H2,1-2H3,(H,31,32). The number of ether oxygens (including phenoxy) is 1. The van der Waals surface area contributed by atoms with Gasteiger partial charge >= 0.3 is 19.7 Å². The van der Waals surface area contributed by atoms with Crippen molar-refractivity contribution in [3.8, 4) is 0 Å². The summed E-state index contributed by atoms with van der Waals surface area (Å²) < 4.78 is 30.5. The predicted octanol–water partition coefficient (Wildman–Crippen LogP) is 6.88. The maximum absolute atomic E-state index is 13.4. The zero-order valence-corrected chi connectivity index (χ0v) is 21.5. The summed E-state index contributed by atoms with van der Waals surface area (Å²) in [6, 6.07) is 24.9. The van der Waals surface area contributed by atoms with Gasteiger partial charge in [0, 0.05) is 5.39 Å². The lowest BCUT2D eigenvalue weighted by Crippen LogP contribution is -2.19. The van der Waals surface area contributed by atoms with Gasteiger partial charge in [-0.15, -0.1) is 0 Å². The van der Waals surface area contributed by atoms with E-state index in [1.54, 1.807) is 32.0 Å². The van der Waals surface area contributed by atoms with E-state index in [-0.39, 0.29) is 25.1 Å². The van der Waals surface area contributed by atoms with Crippen LogP contribution in [0.2, 0.25) is 0 Å². The van der Waals surface area contributed by atoms with Gasteiger partial charge in [-0.1, -0.05) is 66.7 Å². The third-order valence-electron chi connectivity index (χ3n) is 5.72. The summed E-state index contributed by atoms with van der Waals surface area (Å²) in [5, 5.41) is 10.4. The molecule has 0 aliphatic heterocycles. The maximum atomic E-state index is 13.4. The number of carbonyl (C=O) groups excluding carboxylic acids is 1. The molecule has 4 rings (SSSR count). The van der Waals surface area contributed by atoms with Crippen LogP contribution in [0.25, 0.3) is 10.9 Å². The number of hydrogen-bond donors (Lipinski definition) is 1. The third kappa shape index (κ3) is 6.00. The van der Waals surface area contributed by atoms with E-state index >= 15 is 0 Å². The van der Waals surface area contributed by atoms with Crippen molar-refractivity contribution in [2.24, 2.45) is 0 Å². The molecule has 0 aliphatic carbocycles. The number of carbonyl (C=O) groups is 2. The topological polar surface area (TPSA) is 104 Å². The molecule has 0 unspecified atom stereocenters. The SMILES string of the molecule is CCOP(=O)(Cc1ccc2c(c1)cc(C(=O)OC(c1ccccc1)c1ccccc1)n2C(=O)O)OCC. The summed E-state index contributed by atoms with van der Waals surface area (Å²) in [6.07, 6.45) is -2.03. The molecule has 0 spiro atoms. The summed E-state index contributed by atoms with van der Waals surface area (Å²) >= 11 is 0. The van der Waals surface area contributed by atoms with E-state index in [0.29, 0.717) is 16.5 Å². The monoisotopic (exact) mass is 521 g/mol. The molecule has 0 fully saturated rings. The summed E-state index contributed by atoms with van der Waals surface area (Å²) in [6.45, 7) is 3.93. The molecule has 8 nitrogen and oxygen atoms in total. The van der Waals surface area contributed by atoms with Crippen LogP contribution in [0, 0.1) is 0 Å². The molecular formula is C28H28NO7P. The molecule has 192 valence electrons. The van der Waals surface area contributed by atoms with Crippen molar-refractivity contribution in [3.05, 3.63) is 107 Å². The van der Waals surface area contributed by atoms with E-state index in [1.807, 2.05) is 60.7 Å². The lowest BCUT2D eigenvalue weighted by atomic mass is 10.0. The fraction of sp³-hybridized carbons (Fsp3) is 0.214. The number of hydrogen-bond acceptors (Lipinski definition) is 6. The van der Waals surface area contributed by atoms with Crippen LogP contribution in [0.15, 0.2) is 84.9 Å². The van der Waals surface area contributed by atoms with Gasteiger partial charge in [-0.05, 0) is 48.7 Å². The first kappa shape index (κ1) is 26.4. The van der Waals surface area contributed by atoms with Crippen molar-refractivity contribution in [2.45, 2.75) is 26.1 Å². The molecule has 0 amide bonds. The van der Waals surface area contributed by atoms with Gasteiger partial charge in [0.1, 0.15) is 5.69 Å². The van der Waals surface area contributed by atoms with Gasteiger partial charge in [-0.3, -0.25) is 4.57 Å². The molecule has 3 aromatic carbocycles. The van der Waals surface area contributed by atoms with E-state index in [0.717, 1.165) is 15.7 Å². The Morgan fingerprint density at radius 1 is 0.865 bits per heavy atom. The highest BCUT2D eigenvalue weighted by atomic mass is 31.2. The first-order valence-electron chi connectivity index (χ1n) is 11.9. The predicted molar refractivity (Wildman–Crippen MR) is 140 cm³/mol. The molecule has 0 radical (unpaired) electrons. The normalized spacial score (nSPS) is 11.6. The maximum Gasteiger partial charge on any atom is 0.416 e. The van der Waals surface area contributed by atoms with Crippen molar-refractivity contribution in [1.82, 2.24) is 4.57 Å². The number of carboxylic acid groups (broad SMARTS) is 1. The molecule has 9 heteroatoms. The highest BCUT2D eigenvalue weighted by Gasteiger charge is 2.27. The minimum atomic E-state index is -3.36. The lowest BCUT2D eigenvalue weighted by molar-refractivity contribution is 0.0366.